The van der Waals surface area contributed by atoms with Crippen LogP contribution in [0, 0.1) is 6.92 Å². The molecule has 2 saturated heterocycles. The highest BCUT2D eigenvalue weighted by molar-refractivity contribution is 6.24. The van der Waals surface area contributed by atoms with Gasteiger partial charge < -0.3 is 14.5 Å². The van der Waals surface area contributed by atoms with Crippen molar-refractivity contribution in [3.63, 3.8) is 0 Å². The number of rotatable bonds is 15. The molecule has 18 heteroatoms. The van der Waals surface area contributed by atoms with E-state index < -0.39 is 29.7 Å². The van der Waals surface area contributed by atoms with Gasteiger partial charge in [0.05, 0.1) is 41.5 Å². The SMILES string of the molecule is CC(=O)c1c(C)c2cnc(Cc3ccc(N4CCN(C(=O)CN(C)CCCC(=O)COc5cccc6c5C(=O)N(C5CCC(=O)NC5=O)C6=O)CC4)cn3)nc2n(C2CCCC2)c1=O. The molecule has 0 spiro atoms. The van der Waals surface area contributed by atoms with E-state index in [1.165, 1.54) is 25.1 Å². The molecule has 3 aromatic heterocycles. The van der Waals surface area contributed by atoms with E-state index >= 15 is 0 Å². The molecule has 3 fully saturated rings. The number of ether oxygens (including phenoxy) is 1. The highest BCUT2D eigenvalue weighted by atomic mass is 16.5. The van der Waals surface area contributed by atoms with Gasteiger partial charge in [-0.05, 0) is 83.0 Å². The molecule has 1 atom stereocenters. The average molecular weight is 874 g/mol. The number of likely N-dealkylation sites (N-methyl/N-ethyl adjacent to an activating group) is 1. The standard InChI is InChI=1S/C46H51N9O9/c1-27-34-24-48-37(49-42(34)54(30-8-4-5-9-30)45(62)40(27)28(2)56)22-29-13-14-31(23-47-29)52-18-20-53(21-19-52)39(59)25-51(3)17-7-10-32(57)26-64-36-12-6-11-33-41(36)46(63)55(44(33)61)35-15-16-38(58)50-43(35)60/h6,11-14,23-24,30,35H,4-5,7-10,15-22,25-26H2,1-3H3,(H,50,58,60). The van der Waals surface area contributed by atoms with Crippen LogP contribution >= 0.6 is 0 Å². The number of carbonyl (C=O) groups excluding carboxylic acids is 7. The monoisotopic (exact) mass is 873 g/mol. The largest absolute Gasteiger partial charge is 0.485 e. The Bertz CT molecular complexity index is 2610. The quantitative estimate of drug-likeness (QED) is 0.134. The summed E-state index contributed by atoms with van der Waals surface area (Å²) in [6, 6.07) is 7.33. The fourth-order valence-electron chi connectivity index (χ4n) is 9.24. The van der Waals surface area contributed by atoms with Crippen molar-refractivity contribution in [1.29, 1.82) is 0 Å². The second kappa shape index (κ2) is 18.6. The van der Waals surface area contributed by atoms with E-state index in [9.17, 15) is 38.4 Å². The second-order valence-electron chi connectivity index (χ2n) is 17.0. The molecule has 6 heterocycles. The summed E-state index contributed by atoms with van der Waals surface area (Å²) in [6.07, 6.45) is 8.39. The first kappa shape index (κ1) is 43.9. The van der Waals surface area contributed by atoms with Crippen molar-refractivity contribution in [2.75, 3.05) is 57.8 Å². The van der Waals surface area contributed by atoms with E-state index in [-0.39, 0.29) is 83.9 Å². The van der Waals surface area contributed by atoms with Gasteiger partial charge in [-0.1, -0.05) is 18.9 Å². The first-order valence-corrected chi connectivity index (χ1v) is 21.9. The molecule has 5 amide bonds. The Hall–Kier alpha value is -6.69. The van der Waals surface area contributed by atoms with E-state index in [1.807, 2.05) is 35.2 Å². The number of aromatic nitrogens is 4. The fraction of sp³-hybridized carbons (Fsp3) is 0.457. The number of fused-ring (bicyclic) bond motifs is 2. The molecule has 1 saturated carbocycles. The third kappa shape index (κ3) is 8.91. The third-order valence-electron chi connectivity index (χ3n) is 12.7. The first-order chi connectivity index (χ1) is 30.8. The number of pyridine rings is 2. The van der Waals surface area contributed by atoms with Gasteiger partial charge in [0.15, 0.2) is 11.6 Å². The minimum atomic E-state index is -1.11. The molecule has 18 nitrogen and oxygen atoms in total. The van der Waals surface area contributed by atoms with Gasteiger partial charge in [-0.15, -0.1) is 0 Å². The van der Waals surface area contributed by atoms with Gasteiger partial charge in [-0.25, -0.2) is 9.97 Å². The minimum absolute atomic E-state index is 0.00131. The van der Waals surface area contributed by atoms with Gasteiger partial charge in [0.1, 0.15) is 29.9 Å². The predicted molar refractivity (Wildman–Crippen MR) is 232 cm³/mol. The summed E-state index contributed by atoms with van der Waals surface area (Å²) in [7, 11) is 1.83. The highest BCUT2D eigenvalue weighted by Crippen LogP contribution is 2.34. The van der Waals surface area contributed by atoms with Gasteiger partial charge in [-0.2, -0.15) is 0 Å². The van der Waals surface area contributed by atoms with Crippen LogP contribution in [0.2, 0.25) is 0 Å². The number of aryl methyl sites for hydroxylation is 1. The molecule has 4 aliphatic rings. The molecule has 1 unspecified atom stereocenters. The molecular formula is C46H51N9O9. The summed E-state index contributed by atoms with van der Waals surface area (Å²) in [4.78, 5) is 123. The molecule has 334 valence electrons. The molecule has 4 aromatic rings. The number of nitrogens with one attached hydrogen (secondary N) is 1. The van der Waals surface area contributed by atoms with Gasteiger partial charge in [0, 0.05) is 62.3 Å². The van der Waals surface area contributed by atoms with Crippen LogP contribution in [-0.4, -0.2) is 134 Å². The van der Waals surface area contributed by atoms with Crippen LogP contribution in [0.5, 0.6) is 5.75 Å². The topological polar surface area (TPSA) is 214 Å². The van der Waals surface area contributed by atoms with Crippen LogP contribution < -0.4 is 20.5 Å². The zero-order valence-corrected chi connectivity index (χ0v) is 36.3. The molecule has 0 bridgehead atoms. The maximum absolute atomic E-state index is 13.6. The van der Waals surface area contributed by atoms with Crippen LogP contribution in [0.1, 0.15) is 112 Å². The molecule has 1 N–H and O–H groups in total. The van der Waals surface area contributed by atoms with E-state index in [4.69, 9.17) is 14.7 Å². The molecule has 64 heavy (non-hydrogen) atoms. The molecule has 8 rings (SSSR count). The Kier molecular flexibility index (Phi) is 12.8. The van der Waals surface area contributed by atoms with Gasteiger partial charge in [0.2, 0.25) is 17.7 Å². The number of Topliss-reactive ketones (excluding diaryl/α,β-unsaturated/α-hetero) is 2. The molecule has 1 aromatic carbocycles. The lowest BCUT2D eigenvalue weighted by Crippen LogP contribution is -2.54. The number of amides is 5. The van der Waals surface area contributed by atoms with Crippen LogP contribution in [0.15, 0.2) is 47.5 Å². The predicted octanol–water partition coefficient (Wildman–Crippen LogP) is 2.81. The van der Waals surface area contributed by atoms with Crippen LogP contribution in [0.3, 0.4) is 0 Å². The van der Waals surface area contributed by atoms with Crippen molar-refractivity contribution in [3.05, 3.63) is 86.9 Å². The molecule has 3 aliphatic heterocycles. The number of anilines is 1. The van der Waals surface area contributed by atoms with Crippen molar-refractivity contribution >= 4 is 57.8 Å². The molecule has 0 radical (unpaired) electrons. The number of ketones is 2. The van der Waals surface area contributed by atoms with E-state index in [1.54, 1.807) is 17.7 Å². The summed E-state index contributed by atoms with van der Waals surface area (Å²) in [5, 5.41) is 2.88. The fourth-order valence-corrected chi connectivity index (χ4v) is 9.24. The molecular weight excluding hydrogens is 823 g/mol. The summed E-state index contributed by atoms with van der Waals surface area (Å²) < 4.78 is 7.44. The maximum atomic E-state index is 13.6. The molecule has 1 aliphatic carbocycles. The summed E-state index contributed by atoms with van der Waals surface area (Å²) in [5.41, 5.74) is 2.86. The number of benzene rings is 1. The smallest absolute Gasteiger partial charge is 0.266 e. The summed E-state index contributed by atoms with van der Waals surface area (Å²) >= 11 is 0. The van der Waals surface area contributed by atoms with Crippen LogP contribution in [0.4, 0.5) is 5.69 Å². The normalized spacial score (nSPS) is 18.0. The summed E-state index contributed by atoms with van der Waals surface area (Å²) in [5.74, 6) is -2.41. The number of hydrogen-bond donors (Lipinski definition) is 1. The van der Waals surface area contributed by atoms with E-state index in [0.29, 0.717) is 68.0 Å². The lowest BCUT2D eigenvalue weighted by molar-refractivity contribution is -0.136. The Labute approximate surface area is 369 Å². The number of imide groups is 2. The number of hydrogen-bond acceptors (Lipinski definition) is 14. The van der Waals surface area contributed by atoms with E-state index in [0.717, 1.165) is 42.0 Å². The Morgan fingerprint density at radius 3 is 2.39 bits per heavy atom. The van der Waals surface area contributed by atoms with Gasteiger partial charge >= 0.3 is 0 Å². The highest BCUT2D eigenvalue weighted by Gasteiger charge is 2.46. The van der Waals surface area contributed by atoms with Crippen LogP contribution in [0.25, 0.3) is 11.0 Å². The van der Waals surface area contributed by atoms with Crippen LogP contribution in [-0.2, 0) is 25.6 Å². The van der Waals surface area contributed by atoms with Crippen molar-refractivity contribution in [1.82, 2.24) is 39.5 Å². The maximum Gasteiger partial charge on any atom is 0.266 e. The number of carbonyl (C=O) groups is 7. The number of piperidine rings is 1. The van der Waals surface area contributed by atoms with Gasteiger partial charge in [-0.3, -0.25) is 63.0 Å². The first-order valence-electron chi connectivity index (χ1n) is 21.9. The summed E-state index contributed by atoms with van der Waals surface area (Å²) in [6.45, 7) is 5.94. The van der Waals surface area contributed by atoms with Crippen molar-refractivity contribution in [2.45, 2.75) is 83.7 Å². The zero-order chi connectivity index (χ0) is 45.2. The lowest BCUT2D eigenvalue weighted by Gasteiger charge is -2.36. The van der Waals surface area contributed by atoms with Crippen molar-refractivity contribution in [2.24, 2.45) is 0 Å². The number of piperazine rings is 1. The Balaban J connectivity index is 0.778. The minimum Gasteiger partial charge on any atom is -0.485 e. The Morgan fingerprint density at radius 2 is 1.69 bits per heavy atom. The van der Waals surface area contributed by atoms with Crippen molar-refractivity contribution < 1.29 is 38.3 Å². The lowest BCUT2D eigenvalue weighted by atomic mass is 10.0. The average Bonchev–Trinajstić information content (AvgIpc) is 3.89. The zero-order valence-electron chi connectivity index (χ0n) is 36.3. The Morgan fingerprint density at radius 1 is 0.922 bits per heavy atom. The van der Waals surface area contributed by atoms with Crippen molar-refractivity contribution in [3.8, 4) is 5.75 Å². The van der Waals surface area contributed by atoms with E-state index in [2.05, 4.69) is 15.2 Å². The third-order valence-corrected chi connectivity index (χ3v) is 12.7. The second-order valence-corrected chi connectivity index (χ2v) is 17.0. The number of nitrogens with zero attached hydrogens (tertiary/aromatic N) is 8. The van der Waals surface area contributed by atoms with Gasteiger partial charge in [0.25, 0.3) is 17.4 Å².